The van der Waals surface area contributed by atoms with Crippen LogP contribution in [-0.4, -0.2) is 4.98 Å². The summed E-state index contributed by atoms with van der Waals surface area (Å²) in [6.07, 6.45) is 16.9. The van der Waals surface area contributed by atoms with Gasteiger partial charge in [-0.3, -0.25) is 4.98 Å². The van der Waals surface area contributed by atoms with E-state index in [1.54, 1.807) is 6.20 Å². The van der Waals surface area contributed by atoms with E-state index in [9.17, 15) is 0 Å². The minimum atomic E-state index is 0.619. The van der Waals surface area contributed by atoms with Crippen molar-refractivity contribution in [2.45, 2.75) is 83.5 Å². The zero-order chi connectivity index (χ0) is 15.6. The molecular weight excluding hydrogens is 268 g/mol. The van der Waals surface area contributed by atoms with E-state index in [4.69, 9.17) is 5.26 Å². The van der Waals surface area contributed by atoms with Crippen molar-refractivity contribution >= 4 is 0 Å². The number of pyridine rings is 1. The third-order valence-corrected chi connectivity index (χ3v) is 5.15. The molecule has 22 heavy (non-hydrogen) atoms. The van der Waals surface area contributed by atoms with Crippen LogP contribution in [0.15, 0.2) is 18.3 Å². The maximum atomic E-state index is 8.83. The number of nitriles is 1. The van der Waals surface area contributed by atoms with Gasteiger partial charge in [0.15, 0.2) is 0 Å². The van der Waals surface area contributed by atoms with Crippen molar-refractivity contribution in [2.75, 3.05) is 0 Å². The second kappa shape index (κ2) is 9.62. The molecule has 1 aromatic heterocycles. The van der Waals surface area contributed by atoms with Crippen LogP contribution in [0, 0.1) is 17.2 Å². The standard InChI is InChI=1S/C20H30N2/c1-2-3-4-5-6-7-8-17-9-12-19(13-10-17)20-14-11-18(15-21)16-22-20/h11,14,16-17,19H,2-10,12-13H2,1H3. The molecule has 1 aliphatic carbocycles. The lowest BCUT2D eigenvalue weighted by Crippen LogP contribution is -2.14. The highest BCUT2D eigenvalue weighted by atomic mass is 14.7. The van der Waals surface area contributed by atoms with Crippen LogP contribution in [0.4, 0.5) is 0 Å². The molecule has 120 valence electrons. The highest BCUT2D eigenvalue weighted by molar-refractivity contribution is 5.27. The van der Waals surface area contributed by atoms with Gasteiger partial charge in [-0.2, -0.15) is 5.26 Å². The third-order valence-electron chi connectivity index (χ3n) is 5.15. The number of unbranched alkanes of at least 4 members (excludes halogenated alkanes) is 5. The smallest absolute Gasteiger partial charge is 0.101 e. The molecule has 0 unspecified atom stereocenters. The van der Waals surface area contributed by atoms with Gasteiger partial charge in [-0.15, -0.1) is 0 Å². The second-order valence-corrected chi connectivity index (χ2v) is 6.86. The van der Waals surface area contributed by atoms with Crippen molar-refractivity contribution < 1.29 is 0 Å². The van der Waals surface area contributed by atoms with Crippen molar-refractivity contribution in [3.8, 4) is 6.07 Å². The Morgan fingerprint density at radius 3 is 2.41 bits per heavy atom. The summed E-state index contributed by atoms with van der Waals surface area (Å²) in [4.78, 5) is 4.48. The Balaban J connectivity index is 1.64. The van der Waals surface area contributed by atoms with E-state index >= 15 is 0 Å². The van der Waals surface area contributed by atoms with Crippen LogP contribution < -0.4 is 0 Å². The summed E-state index contributed by atoms with van der Waals surface area (Å²) in [5.74, 6) is 1.56. The molecule has 2 heteroatoms. The van der Waals surface area contributed by atoms with Gasteiger partial charge in [0.1, 0.15) is 6.07 Å². The average Bonchev–Trinajstić information content (AvgIpc) is 2.59. The second-order valence-electron chi connectivity index (χ2n) is 6.86. The number of hydrogen-bond donors (Lipinski definition) is 0. The fraction of sp³-hybridized carbons (Fsp3) is 0.700. The summed E-state index contributed by atoms with van der Waals surface area (Å²) < 4.78 is 0. The highest BCUT2D eigenvalue weighted by Crippen LogP contribution is 2.37. The molecule has 0 amide bonds. The summed E-state index contributed by atoms with van der Waals surface area (Å²) in [7, 11) is 0. The number of nitrogens with zero attached hydrogens (tertiary/aromatic N) is 2. The van der Waals surface area contributed by atoms with Crippen molar-refractivity contribution in [3.05, 3.63) is 29.6 Å². The highest BCUT2D eigenvalue weighted by Gasteiger charge is 2.22. The lowest BCUT2D eigenvalue weighted by molar-refractivity contribution is 0.299. The summed E-state index contributed by atoms with van der Waals surface area (Å²) in [6, 6.07) is 6.10. The minimum Gasteiger partial charge on any atom is -0.260 e. The first-order valence-corrected chi connectivity index (χ1v) is 9.19. The van der Waals surface area contributed by atoms with E-state index in [-0.39, 0.29) is 0 Å². The predicted octanol–water partition coefficient (Wildman–Crippen LogP) is 5.98. The summed E-state index contributed by atoms with van der Waals surface area (Å²) in [5, 5.41) is 8.83. The molecule has 2 nitrogen and oxygen atoms in total. The summed E-state index contributed by atoms with van der Waals surface area (Å²) in [5.41, 5.74) is 1.86. The molecule has 2 rings (SSSR count). The molecule has 0 atom stereocenters. The molecule has 0 bridgehead atoms. The van der Waals surface area contributed by atoms with E-state index < -0.39 is 0 Å². The van der Waals surface area contributed by atoms with Crippen LogP contribution in [0.1, 0.15) is 94.7 Å². The lowest BCUT2D eigenvalue weighted by Gasteiger charge is -2.28. The van der Waals surface area contributed by atoms with Crippen molar-refractivity contribution in [1.82, 2.24) is 4.98 Å². The van der Waals surface area contributed by atoms with Crippen LogP contribution in [-0.2, 0) is 0 Å². The first-order valence-electron chi connectivity index (χ1n) is 9.19. The zero-order valence-corrected chi connectivity index (χ0v) is 14.1. The fourth-order valence-corrected chi connectivity index (χ4v) is 3.67. The van der Waals surface area contributed by atoms with Crippen molar-refractivity contribution in [1.29, 1.82) is 5.26 Å². The van der Waals surface area contributed by atoms with E-state index in [1.165, 1.54) is 76.3 Å². The molecule has 0 aliphatic heterocycles. The van der Waals surface area contributed by atoms with Crippen LogP contribution in [0.2, 0.25) is 0 Å². The van der Waals surface area contributed by atoms with Gasteiger partial charge in [-0.25, -0.2) is 0 Å². The number of rotatable bonds is 8. The van der Waals surface area contributed by atoms with Gasteiger partial charge < -0.3 is 0 Å². The van der Waals surface area contributed by atoms with E-state index in [0.717, 1.165) is 5.92 Å². The van der Waals surface area contributed by atoms with Crippen molar-refractivity contribution in [3.63, 3.8) is 0 Å². The summed E-state index contributed by atoms with van der Waals surface area (Å²) in [6.45, 7) is 2.28. The Kier molecular flexibility index (Phi) is 7.43. The van der Waals surface area contributed by atoms with Crippen LogP contribution >= 0.6 is 0 Å². The lowest BCUT2D eigenvalue weighted by atomic mass is 9.78. The largest absolute Gasteiger partial charge is 0.260 e. The Hall–Kier alpha value is -1.36. The molecule has 1 heterocycles. The van der Waals surface area contributed by atoms with Crippen LogP contribution in [0.3, 0.4) is 0 Å². The average molecular weight is 298 g/mol. The molecule has 0 aromatic carbocycles. The first kappa shape index (κ1) is 17.0. The first-order chi connectivity index (χ1) is 10.8. The molecule has 1 saturated carbocycles. The van der Waals surface area contributed by atoms with E-state index in [1.807, 2.05) is 6.07 Å². The molecule has 0 saturated heterocycles. The van der Waals surface area contributed by atoms with Gasteiger partial charge in [0.25, 0.3) is 0 Å². The molecule has 1 fully saturated rings. The minimum absolute atomic E-state index is 0.619. The predicted molar refractivity (Wildman–Crippen MR) is 91.6 cm³/mol. The SMILES string of the molecule is CCCCCCCCC1CCC(c2ccc(C#N)cn2)CC1. The monoisotopic (exact) mass is 298 g/mol. The van der Waals surface area contributed by atoms with Crippen LogP contribution in [0.25, 0.3) is 0 Å². The molecule has 0 spiro atoms. The molecule has 0 radical (unpaired) electrons. The zero-order valence-electron chi connectivity index (χ0n) is 14.1. The normalized spacial score (nSPS) is 21.5. The van der Waals surface area contributed by atoms with Crippen LogP contribution in [0.5, 0.6) is 0 Å². The molecule has 0 N–H and O–H groups in total. The van der Waals surface area contributed by atoms with Gasteiger partial charge in [0.05, 0.1) is 5.56 Å². The van der Waals surface area contributed by atoms with E-state index in [0.29, 0.717) is 11.5 Å². The van der Waals surface area contributed by atoms with Gasteiger partial charge in [-0.1, -0.05) is 51.9 Å². The number of hydrogen-bond acceptors (Lipinski definition) is 2. The van der Waals surface area contributed by atoms with Gasteiger partial charge >= 0.3 is 0 Å². The third kappa shape index (κ3) is 5.44. The van der Waals surface area contributed by atoms with Gasteiger partial charge in [0, 0.05) is 17.8 Å². The Labute approximate surface area is 136 Å². The molecule has 1 aliphatic rings. The molecule has 1 aromatic rings. The number of aromatic nitrogens is 1. The fourth-order valence-electron chi connectivity index (χ4n) is 3.67. The maximum absolute atomic E-state index is 8.83. The Morgan fingerprint density at radius 2 is 1.77 bits per heavy atom. The summed E-state index contributed by atoms with van der Waals surface area (Å²) >= 11 is 0. The van der Waals surface area contributed by atoms with Crippen molar-refractivity contribution in [2.24, 2.45) is 5.92 Å². The quantitative estimate of drug-likeness (QED) is 0.554. The van der Waals surface area contributed by atoms with E-state index in [2.05, 4.69) is 24.0 Å². The van der Waals surface area contributed by atoms with Gasteiger partial charge in [0.2, 0.25) is 0 Å². The Morgan fingerprint density at radius 1 is 1.05 bits per heavy atom. The van der Waals surface area contributed by atoms with Gasteiger partial charge in [-0.05, 0) is 43.7 Å². The molecular formula is C20H30N2. The Bertz CT molecular complexity index is 450. The topological polar surface area (TPSA) is 36.7 Å². The maximum Gasteiger partial charge on any atom is 0.101 e.